The van der Waals surface area contributed by atoms with Crippen LogP contribution in [0, 0.1) is 0 Å². The summed E-state index contributed by atoms with van der Waals surface area (Å²) in [6.07, 6.45) is -4.31. The number of esters is 1. The van der Waals surface area contributed by atoms with E-state index >= 15 is 0 Å². The van der Waals surface area contributed by atoms with Crippen LogP contribution in [0.5, 0.6) is 0 Å². The molecule has 3 N–H and O–H groups in total. The summed E-state index contributed by atoms with van der Waals surface area (Å²) in [4.78, 5) is 24.4. The first-order valence-electron chi connectivity index (χ1n) is 8.47. The normalized spacial score (nSPS) is 23.3. The van der Waals surface area contributed by atoms with Crippen LogP contribution in [0.2, 0.25) is 0 Å². The van der Waals surface area contributed by atoms with Crippen molar-refractivity contribution in [3.8, 4) is 0 Å². The number of alkyl carbamates (subject to hydrolysis) is 1. The second-order valence-corrected chi connectivity index (χ2v) is 6.52. The number of carbonyl (C=O) groups is 2. The largest absolute Gasteiger partial charge is 0.467 e. The average molecular weight is 383 g/mol. The van der Waals surface area contributed by atoms with Crippen LogP contribution in [0.1, 0.15) is 19.4 Å². The van der Waals surface area contributed by atoms with Crippen molar-refractivity contribution in [2.45, 2.75) is 50.6 Å². The standard InChI is InChI=1S/C18H25NO8/c1-18(2)26-14(12(21)9-20)15(27-18)13(16(22)24-3)19-17(23)25-10-11-7-5-4-6-8-11/h4-8,12-15,20-21H,9-10H2,1-3H3,(H,19,23)/t12-,13-,14-,15-/m1/s1. The van der Waals surface area contributed by atoms with Gasteiger partial charge in [0.05, 0.1) is 13.7 Å². The summed E-state index contributed by atoms with van der Waals surface area (Å²) in [5, 5.41) is 21.6. The van der Waals surface area contributed by atoms with Gasteiger partial charge in [0.15, 0.2) is 11.8 Å². The SMILES string of the molecule is COC(=O)[C@H](NC(=O)OCc1ccccc1)[C@H]1OC(C)(C)O[C@@H]1[C@H](O)CO. The fourth-order valence-electron chi connectivity index (χ4n) is 2.77. The van der Waals surface area contributed by atoms with E-state index < -0.39 is 48.8 Å². The highest BCUT2D eigenvalue weighted by Crippen LogP contribution is 2.32. The molecule has 1 amide bonds. The predicted octanol–water partition coefficient (Wildman–Crippen LogP) is 0.328. The summed E-state index contributed by atoms with van der Waals surface area (Å²) in [5.41, 5.74) is 0.775. The third-order valence-electron chi connectivity index (χ3n) is 4.00. The molecule has 150 valence electrons. The van der Waals surface area contributed by atoms with E-state index in [1.54, 1.807) is 38.1 Å². The zero-order valence-corrected chi connectivity index (χ0v) is 15.5. The molecule has 0 saturated carbocycles. The molecule has 1 aliphatic heterocycles. The minimum Gasteiger partial charge on any atom is -0.467 e. The summed E-state index contributed by atoms with van der Waals surface area (Å²) in [6, 6.07) is 7.72. The lowest BCUT2D eigenvalue weighted by Crippen LogP contribution is -2.55. The van der Waals surface area contributed by atoms with Gasteiger partial charge >= 0.3 is 12.1 Å². The van der Waals surface area contributed by atoms with Gasteiger partial charge in [0.2, 0.25) is 0 Å². The van der Waals surface area contributed by atoms with E-state index in [9.17, 15) is 19.8 Å². The molecule has 9 nitrogen and oxygen atoms in total. The van der Waals surface area contributed by atoms with Gasteiger partial charge < -0.3 is 34.5 Å². The molecule has 0 aliphatic carbocycles. The Morgan fingerprint density at radius 1 is 1.22 bits per heavy atom. The number of aliphatic hydroxyl groups excluding tert-OH is 2. The van der Waals surface area contributed by atoms with Gasteiger partial charge in [0.25, 0.3) is 0 Å². The van der Waals surface area contributed by atoms with Gasteiger partial charge in [-0.15, -0.1) is 0 Å². The van der Waals surface area contributed by atoms with E-state index in [0.717, 1.165) is 12.7 Å². The van der Waals surface area contributed by atoms with E-state index in [0.29, 0.717) is 0 Å². The van der Waals surface area contributed by atoms with Gasteiger partial charge in [0, 0.05) is 0 Å². The number of amides is 1. The van der Waals surface area contributed by atoms with Crippen molar-refractivity contribution < 1.29 is 38.7 Å². The second kappa shape index (κ2) is 9.14. The molecular formula is C18H25NO8. The second-order valence-electron chi connectivity index (χ2n) is 6.52. The summed E-state index contributed by atoms with van der Waals surface area (Å²) in [5.74, 6) is -1.93. The lowest BCUT2D eigenvalue weighted by Gasteiger charge is -2.26. The molecule has 1 aromatic rings. The highest BCUT2D eigenvalue weighted by atomic mass is 16.8. The molecule has 0 radical (unpaired) electrons. The molecule has 1 saturated heterocycles. The lowest BCUT2D eigenvalue weighted by molar-refractivity contribution is -0.162. The van der Waals surface area contributed by atoms with Crippen LogP contribution in [0.3, 0.4) is 0 Å². The maximum absolute atomic E-state index is 12.2. The fourth-order valence-corrected chi connectivity index (χ4v) is 2.77. The van der Waals surface area contributed by atoms with Gasteiger partial charge in [0.1, 0.15) is 24.9 Å². The lowest BCUT2D eigenvalue weighted by atomic mass is 10.0. The number of nitrogens with one attached hydrogen (secondary N) is 1. The zero-order chi connectivity index (χ0) is 20.0. The number of aliphatic hydroxyl groups is 2. The molecule has 0 bridgehead atoms. The Morgan fingerprint density at radius 3 is 2.44 bits per heavy atom. The molecule has 0 spiro atoms. The van der Waals surface area contributed by atoms with E-state index in [4.69, 9.17) is 18.9 Å². The van der Waals surface area contributed by atoms with E-state index in [2.05, 4.69) is 5.32 Å². The third-order valence-corrected chi connectivity index (χ3v) is 4.00. The van der Waals surface area contributed by atoms with E-state index in [1.807, 2.05) is 6.07 Å². The number of rotatable bonds is 7. The van der Waals surface area contributed by atoms with Crippen molar-refractivity contribution in [1.29, 1.82) is 0 Å². The molecule has 27 heavy (non-hydrogen) atoms. The molecule has 0 aromatic heterocycles. The highest BCUT2D eigenvalue weighted by Gasteiger charge is 2.51. The molecule has 9 heteroatoms. The van der Waals surface area contributed by atoms with E-state index in [1.165, 1.54) is 0 Å². The molecule has 1 aromatic carbocycles. The highest BCUT2D eigenvalue weighted by molar-refractivity contribution is 5.82. The number of methoxy groups -OCH3 is 1. The number of benzene rings is 1. The van der Waals surface area contributed by atoms with Crippen molar-refractivity contribution >= 4 is 12.1 Å². The van der Waals surface area contributed by atoms with Crippen LogP contribution < -0.4 is 5.32 Å². The fraction of sp³-hybridized carbons (Fsp3) is 0.556. The Labute approximate surface area is 157 Å². The predicted molar refractivity (Wildman–Crippen MR) is 92.5 cm³/mol. The summed E-state index contributed by atoms with van der Waals surface area (Å²) in [6.45, 7) is 2.59. The van der Waals surface area contributed by atoms with Crippen LogP contribution >= 0.6 is 0 Å². The Hall–Kier alpha value is -2.20. The Morgan fingerprint density at radius 2 is 1.85 bits per heavy atom. The maximum atomic E-state index is 12.2. The van der Waals surface area contributed by atoms with Crippen molar-refractivity contribution in [1.82, 2.24) is 5.32 Å². The zero-order valence-electron chi connectivity index (χ0n) is 15.5. The quantitative estimate of drug-likeness (QED) is 0.576. The van der Waals surface area contributed by atoms with Crippen LogP contribution in [0.25, 0.3) is 0 Å². The summed E-state index contributed by atoms with van der Waals surface area (Å²) >= 11 is 0. The van der Waals surface area contributed by atoms with Crippen LogP contribution in [0.15, 0.2) is 30.3 Å². The molecule has 1 aliphatic rings. The minimum absolute atomic E-state index is 0.0107. The van der Waals surface area contributed by atoms with Crippen molar-refractivity contribution in [3.05, 3.63) is 35.9 Å². The number of carbonyl (C=O) groups excluding carboxylic acids is 2. The topological polar surface area (TPSA) is 124 Å². The Bertz CT molecular complexity index is 636. The molecule has 1 fully saturated rings. The van der Waals surface area contributed by atoms with Gasteiger partial charge in [-0.1, -0.05) is 30.3 Å². The molecule has 0 unspecified atom stereocenters. The van der Waals surface area contributed by atoms with Crippen LogP contribution in [-0.4, -0.2) is 66.1 Å². The van der Waals surface area contributed by atoms with Gasteiger partial charge in [-0.3, -0.25) is 0 Å². The Kier molecular flexibility index (Phi) is 7.14. The monoisotopic (exact) mass is 383 g/mol. The van der Waals surface area contributed by atoms with Crippen molar-refractivity contribution in [3.63, 3.8) is 0 Å². The van der Waals surface area contributed by atoms with Crippen LogP contribution in [0.4, 0.5) is 4.79 Å². The van der Waals surface area contributed by atoms with Gasteiger partial charge in [-0.05, 0) is 19.4 Å². The molecule has 4 atom stereocenters. The number of hydrogen-bond acceptors (Lipinski definition) is 8. The van der Waals surface area contributed by atoms with Gasteiger partial charge in [-0.25, -0.2) is 9.59 Å². The van der Waals surface area contributed by atoms with E-state index in [-0.39, 0.29) is 6.61 Å². The van der Waals surface area contributed by atoms with Crippen LogP contribution in [-0.2, 0) is 30.3 Å². The molecule has 1 heterocycles. The molecular weight excluding hydrogens is 358 g/mol. The average Bonchev–Trinajstić information content (AvgIpc) is 2.99. The summed E-state index contributed by atoms with van der Waals surface area (Å²) in [7, 11) is 1.16. The van der Waals surface area contributed by atoms with Gasteiger partial charge in [-0.2, -0.15) is 0 Å². The van der Waals surface area contributed by atoms with Crippen molar-refractivity contribution in [2.24, 2.45) is 0 Å². The minimum atomic E-state index is -1.31. The third kappa shape index (κ3) is 5.64. The first kappa shape index (κ1) is 21.1. The maximum Gasteiger partial charge on any atom is 0.408 e. The summed E-state index contributed by atoms with van der Waals surface area (Å²) < 4.78 is 21.1. The number of ether oxygens (including phenoxy) is 4. The number of hydrogen-bond donors (Lipinski definition) is 3. The molecule has 2 rings (SSSR count). The Balaban J connectivity index is 2.09. The first-order valence-corrected chi connectivity index (χ1v) is 8.47. The smallest absolute Gasteiger partial charge is 0.408 e. The first-order chi connectivity index (χ1) is 12.8. The van der Waals surface area contributed by atoms with Crippen molar-refractivity contribution in [2.75, 3.05) is 13.7 Å².